The molecule has 0 spiro atoms. The van der Waals surface area contributed by atoms with Crippen LogP contribution in [0.25, 0.3) is 31.7 Å². The number of likely N-dealkylation sites (tertiary alicyclic amines) is 1. The molecule has 2 aliphatic carbocycles. The smallest absolute Gasteiger partial charge is 0.259 e. The summed E-state index contributed by atoms with van der Waals surface area (Å²) in [4.78, 5) is 62.7. The van der Waals surface area contributed by atoms with E-state index in [9.17, 15) is 22.8 Å². The molecule has 3 amide bonds. The molecule has 3 fully saturated rings. The number of anilines is 1. The first-order valence-corrected chi connectivity index (χ1v) is 22.4. The van der Waals surface area contributed by atoms with Crippen LogP contribution in [0.4, 0.5) is 5.69 Å². The Labute approximate surface area is 352 Å². The van der Waals surface area contributed by atoms with Gasteiger partial charge >= 0.3 is 0 Å². The summed E-state index contributed by atoms with van der Waals surface area (Å²) in [5.74, 6) is -0.891. The van der Waals surface area contributed by atoms with Crippen molar-refractivity contribution in [3.05, 3.63) is 79.9 Å². The molecule has 5 aromatic rings. The summed E-state index contributed by atoms with van der Waals surface area (Å²) >= 11 is 1.49. The number of nitrogens with zero attached hydrogens (tertiary/aromatic N) is 5. The quantitative estimate of drug-likeness (QED) is 0.117. The van der Waals surface area contributed by atoms with Gasteiger partial charge < -0.3 is 25.0 Å². The molecule has 2 aromatic carbocycles. The number of hydrogen-bond donors (Lipinski definition) is 3. The molecule has 8 rings (SSSR count). The summed E-state index contributed by atoms with van der Waals surface area (Å²) in [6, 6.07) is 13.5. The lowest BCUT2D eigenvalue weighted by Gasteiger charge is -2.36. The second kappa shape index (κ2) is 15.7. The number of nitrogens with one attached hydrogen (secondary N) is 3. The Morgan fingerprint density at radius 3 is 2.40 bits per heavy atom. The molecule has 2 saturated carbocycles. The Bertz CT molecular complexity index is 2580. The van der Waals surface area contributed by atoms with E-state index >= 15 is 0 Å². The van der Waals surface area contributed by atoms with E-state index in [0.29, 0.717) is 46.2 Å². The average Bonchev–Trinajstić information content (AvgIpc) is 4.12. The van der Waals surface area contributed by atoms with Crippen LogP contribution in [0, 0.1) is 11.3 Å². The van der Waals surface area contributed by atoms with E-state index in [4.69, 9.17) is 19.4 Å². The minimum Gasteiger partial charge on any atom is -0.491 e. The van der Waals surface area contributed by atoms with Crippen LogP contribution in [-0.4, -0.2) is 92.6 Å². The van der Waals surface area contributed by atoms with Crippen molar-refractivity contribution in [2.24, 2.45) is 11.3 Å². The molecule has 0 bridgehead atoms. The van der Waals surface area contributed by atoms with E-state index < -0.39 is 62.1 Å². The maximum Gasteiger partial charge on any atom is 0.259 e. The van der Waals surface area contributed by atoms with Gasteiger partial charge in [0.25, 0.3) is 5.91 Å². The summed E-state index contributed by atoms with van der Waals surface area (Å²) < 4.78 is 42.2. The number of amides is 3. The van der Waals surface area contributed by atoms with Crippen LogP contribution in [0.2, 0.25) is 0 Å². The van der Waals surface area contributed by atoms with E-state index in [-0.39, 0.29) is 31.4 Å². The normalized spacial score (nSPS) is 22.0. The second-order valence-corrected chi connectivity index (χ2v) is 20.1. The van der Waals surface area contributed by atoms with Crippen LogP contribution < -0.4 is 24.8 Å². The highest BCUT2D eigenvalue weighted by atomic mass is 32.2. The van der Waals surface area contributed by atoms with Gasteiger partial charge in [0.2, 0.25) is 27.7 Å². The number of fused-ring (bicyclic) bond motifs is 3. The van der Waals surface area contributed by atoms with Crippen molar-refractivity contribution in [1.29, 1.82) is 0 Å². The third-order valence-corrected chi connectivity index (χ3v) is 14.0. The van der Waals surface area contributed by atoms with Gasteiger partial charge in [0.15, 0.2) is 5.82 Å². The van der Waals surface area contributed by atoms with Crippen LogP contribution in [-0.2, 0) is 24.4 Å². The Kier molecular flexibility index (Phi) is 10.8. The van der Waals surface area contributed by atoms with Gasteiger partial charge in [-0.3, -0.25) is 19.1 Å². The number of carbonyl (C=O) groups excluding carboxylic acids is 3. The number of rotatable bonds is 14. The van der Waals surface area contributed by atoms with Crippen molar-refractivity contribution in [2.45, 2.75) is 95.4 Å². The molecular formula is C43H48N8O7S2. The Morgan fingerprint density at radius 2 is 1.75 bits per heavy atom. The van der Waals surface area contributed by atoms with Crippen molar-refractivity contribution in [3.63, 3.8) is 0 Å². The highest BCUT2D eigenvalue weighted by Gasteiger charge is 2.62. The number of aromatic nitrogens is 4. The number of benzene rings is 2. The van der Waals surface area contributed by atoms with E-state index in [1.807, 2.05) is 83.1 Å². The average molecular weight is 853 g/mol. The molecule has 15 nitrogen and oxygen atoms in total. The molecule has 0 unspecified atom stereocenters. The molecule has 3 aliphatic rings. The van der Waals surface area contributed by atoms with Crippen LogP contribution >= 0.6 is 11.3 Å². The van der Waals surface area contributed by atoms with Crippen LogP contribution in [0.3, 0.4) is 0 Å². The summed E-state index contributed by atoms with van der Waals surface area (Å²) in [7, 11) is -3.91. The number of sulfonamides is 1. The predicted molar refractivity (Wildman–Crippen MR) is 229 cm³/mol. The number of hydrogen-bond acceptors (Lipinski definition) is 13. The van der Waals surface area contributed by atoms with Crippen molar-refractivity contribution in [3.8, 4) is 23.0 Å². The molecule has 60 heavy (non-hydrogen) atoms. The lowest BCUT2D eigenvalue weighted by atomic mass is 9.85. The lowest BCUT2D eigenvalue weighted by molar-refractivity contribution is -0.141. The van der Waals surface area contributed by atoms with Gasteiger partial charge in [0.05, 0.1) is 41.5 Å². The Hall–Kier alpha value is -5.68. The number of carbonyl (C=O) groups is 3. The Balaban J connectivity index is 1.14. The molecule has 1 aliphatic heterocycles. The SMILES string of the molecule is C=C[C@@H]1C[C@]1(NC(=O)[C@@H]1C[C@@H](Oc2nc(-c3ccc(OC(C)C)cc3)nc3c2sc2ccccc23)CN1C(=O)[C@@H](Nc1cncnc1)C(C)(C)C)C(=O)NS(=O)(=O)C1CC1. The van der Waals surface area contributed by atoms with Crippen LogP contribution in [0.1, 0.15) is 60.3 Å². The first-order valence-electron chi connectivity index (χ1n) is 20.0. The zero-order valence-corrected chi connectivity index (χ0v) is 35.7. The number of thiophene rings is 1. The van der Waals surface area contributed by atoms with Crippen molar-refractivity contribution in [1.82, 2.24) is 34.9 Å². The molecule has 5 atom stereocenters. The first-order chi connectivity index (χ1) is 28.6. The van der Waals surface area contributed by atoms with Gasteiger partial charge in [-0.05, 0) is 68.9 Å². The van der Waals surface area contributed by atoms with Crippen LogP contribution in [0.5, 0.6) is 11.6 Å². The fraction of sp³-hybridized carbons (Fsp3) is 0.419. The fourth-order valence-electron chi connectivity index (χ4n) is 7.64. The third kappa shape index (κ3) is 8.24. The monoisotopic (exact) mass is 852 g/mol. The van der Waals surface area contributed by atoms with E-state index in [0.717, 1.165) is 15.6 Å². The lowest BCUT2D eigenvalue weighted by Crippen LogP contribution is -2.58. The van der Waals surface area contributed by atoms with E-state index in [2.05, 4.69) is 31.9 Å². The summed E-state index contributed by atoms with van der Waals surface area (Å²) in [6.45, 7) is 13.5. The standard InChI is InChI=1S/C43H48N8O7S2/c1-7-26-19-43(26,41(54)50-60(55,56)30-16-17-30)49-38(52)32-18-29(22-51(32)40(53)36(42(4,5)6)46-27-20-44-23-45-21-27)58-39-35-34(31-10-8-9-11-33(31)59-35)47-37(48-39)25-12-14-28(15-13-25)57-24(2)3/h7-15,20-21,23-24,26,29-30,32,36,46H,1,16-19,22H2,2-6H3,(H,49,52)(H,50,54)/t26-,29-,32+,36-,43-/m1/s1. The van der Waals surface area contributed by atoms with Gasteiger partial charge in [0, 0.05) is 28.0 Å². The van der Waals surface area contributed by atoms with E-state index in [1.165, 1.54) is 28.6 Å². The van der Waals surface area contributed by atoms with E-state index in [1.54, 1.807) is 12.4 Å². The zero-order chi connectivity index (χ0) is 42.6. The third-order valence-electron chi connectivity index (χ3n) is 11.0. The maximum absolute atomic E-state index is 14.9. The predicted octanol–water partition coefficient (Wildman–Crippen LogP) is 5.63. The highest BCUT2D eigenvalue weighted by molar-refractivity contribution is 7.91. The minimum atomic E-state index is -3.91. The molecule has 1 saturated heterocycles. The largest absolute Gasteiger partial charge is 0.491 e. The van der Waals surface area contributed by atoms with Crippen molar-refractivity contribution in [2.75, 3.05) is 11.9 Å². The topological polar surface area (TPSA) is 195 Å². The van der Waals surface area contributed by atoms with Gasteiger partial charge in [0.1, 0.15) is 40.5 Å². The molecule has 0 radical (unpaired) electrons. The van der Waals surface area contributed by atoms with Crippen LogP contribution in [0.15, 0.2) is 79.9 Å². The summed E-state index contributed by atoms with van der Waals surface area (Å²) in [5.41, 5.74) is -0.235. The highest BCUT2D eigenvalue weighted by Crippen LogP contribution is 2.46. The molecule has 314 valence electrons. The maximum atomic E-state index is 14.9. The minimum absolute atomic E-state index is 0.00355. The molecule has 3 aromatic heterocycles. The number of ether oxygens (including phenoxy) is 2. The summed E-state index contributed by atoms with van der Waals surface area (Å²) in [6.07, 6.45) is 6.46. The molecular weight excluding hydrogens is 805 g/mol. The molecule has 17 heteroatoms. The first kappa shape index (κ1) is 41.1. The van der Waals surface area contributed by atoms with Gasteiger partial charge in [-0.15, -0.1) is 17.9 Å². The van der Waals surface area contributed by atoms with Gasteiger partial charge in [-0.1, -0.05) is 45.0 Å². The summed E-state index contributed by atoms with van der Waals surface area (Å²) in [5, 5.41) is 6.44. The van der Waals surface area contributed by atoms with Gasteiger partial charge in [-0.2, -0.15) is 4.98 Å². The zero-order valence-electron chi connectivity index (χ0n) is 34.0. The molecule has 3 N–H and O–H groups in total. The van der Waals surface area contributed by atoms with Crippen molar-refractivity contribution < 1.29 is 32.3 Å². The second-order valence-electron chi connectivity index (χ2n) is 17.1. The van der Waals surface area contributed by atoms with Crippen molar-refractivity contribution >= 4 is 65.1 Å². The fourth-order valence-corrected chi connectivity index (χ4v) is 10.1. The molecule has 4 heterocycles. The Morgan fingerprint density at radius 1 is 1.03 bits per heavy atom. The van der Waals surface area contributed by atoms with Gasteiger partial charge in [-0.25, -0.2) is 23.4 Å².